The van der Waals surface area contributed by atoms with E-state index in [0.29, 0.717) is 0 Å². The monoisotopic (exact) mass is 404 g/mol. The van der Waals surface area contributed by atoms with Crippen molar-refractivity contribution in [2.75, 3.05) is 6.61 Å². The second-order valence-electron chi connectivity index (χ2n) is 5.66. The molecule has 0 aliphatic heterocycles. The summed E-state index contributed by atoms with van der Waals surface area (Å²) in [6, 6.07) is 4.67. The molecule has 27 heavy (non-hydrogen) atoms. The molecule has 0 saturated heterocycles. The van der Waals surface area contributed by atoms with Gasteiger partial charge in [0.15, 0.2) is 6.61 Å². The lowest BCUT2D eigenvalue weighted by molar-refractivity contribution is -0.359. The molecule has 0 radical (unpaired) electrons. The molecule has 4 nitrogen and oxygen atoms in total. The molecular formula is C16H15F7O4. The maximum atomic E-state index is 13.0. The normalized spacial score (nSPS) is 12.6. The van der Waals surface area contributed by atoms with Crippen LogP contribution in [0.3, 0.4) is 0 Å². The zero-order valence-electron chi connectivity index (χ0n) is 14.1. The first-order valence-corrected chi connectivity index (χ1v) is 7.43. The minimum Gasteiger partial charge on any atom is -0.459 e. The van der Waals surface area contributed by atoms with Crippen molar-refractivity contribution in [2.24, 2.45) is 0 Å². The summed E-state index contributed by atoms with van der Waals surface area (Å²) >= 11 is 0. The molecule has 0 unspecified atom stereocenters. The largest absolute Gasteiger partial charge is 0.460 e. The third-order valence-corrected chi connectivity index (χ3v) is 3.47. The number of benzene rings is 1. The zero-order chi connectivity index (χ0) is 21.0. The summed E-state index contributed by atoms with van der Waals surface area (Å²) in [6.45, 7) is 1.08. The third-order valence-electron chi connectivity index (χ3n) is 3.47. The molecule has 0 aliphatic carbocycles. The Bertz CT molecular complexity index is 698. The van der Waals surface area contributed by atoms with Crippen molar-refractivity contribution in [3.8, 4) is 5.75 Å². The second-order valence-corrected chi connectivity index (χ2v) is 5.66. The molecule has 0 aliphatic rings. The summed E-state index contributed by atoms with van der Waals surface area (Å²) in [4.78, 5) is 22.8. The van der Waals surface area contributed by atoms with Gasteiger partial charge in [0, 0.05) is 0 Å². The minimum absolute atomic E-state index is 0.160. The van der Waals surface area contributed by atoms with Crippen molar-refractivity contribution in [2.45, 2.75) is 44.7 Å². The molecule has 0 spiro atoms. The van der Waals surface area contributed by atoms with E-state index in [1.807, 2.05) is 6.92 Å². The molecule has 152 valence electrons. The Morgan fingerprint density at radius 2 is 1.44 bits per heavy atom. The van der Waals surface area contributed by atoms with Gasteiger partial charge in [0.1, 0.15) is 5.75 Å². The van der Waals surface area contributed by atoms with E-state index in [-0.39, 0.29) is 5.75 Å². The van der Waals surface area contributed by atoms with E-state index in [1.165, 1.54) is 12.1 Å². The van der Waals surface area contributed by atoms with E-state index in [0.717, 1.165) is 11.1 Å². The minimum atomic E-state index is -6.51. The fourth-order valence-corrected chi connectivity index (χ4v) is 1.71. The van der Waals surface area contributed by atoms with Crippen molar-refractivity contribution in [3.05, 3.63) is 29.3 Å². The molecule has 0 bridgehead atoms. The Labute approximate surface area is 149 Å². The first-order valence-electron chi connectivity index (χ1n) is 7.43. The van der Waals surface area contributed by atoms with Gasteiger partial charge in [-0.2, -0.15) is 30.7 Å². The van der Waals surface area contributed by atoms with E-state index in [4.69, 9.17) is 4.74 Å². The quantitative estimate of drug-likeness (QED) is 0.385. The van der Waals surface area contributed by atoms with E-state index in [2.05, 4.69) is 4.74 Å². The number of hydrogen-bond donors (Lipinski definition) is 0. The van der Waals surface area contributed by atoms with Crippen LogP contribution in [0.5, 0.6) is 5.75 Å². The maximum Gasteiger partial charge on any atom is 0.460 e. The summed E-state index contributed by atoms with van der Waals surface area (Å²) in [5.41, 5.74) is 1.74. The lowest BCUT2D eigenvalue weighted by atomic mass is 10.1. The topological polar surface area (TPSA) is 52.6 Å². The average Bonchev–Trinajstić information content (AvgIpc) is 2.53. The Kier molecular flexibility index (Phi) is 6.84. The molecule has 1 aromatic rings. The van der Waals surface area contributed by atoms with Crippen molar-refractivity contribution >= 4 is 11.9 Å². The van der Waals surface area contributed by atoms with Gasteiger partial charge in [0.2, 0.25) is 0 Å². The Hall–Kier alpha value is -2.33. The highest BCUT2D eigenvalue weighted by atomic mass is 19.4. The Morgan fingerprint density at radius 1 is 0.889 bits per heavy atom. The number of rotatable bonds is 7. The van der Waals surface area contributed by atoms with Gasteiger partial charge in [0.25, 0.3) is 0 Å². The summed E-state index contributed by atoms with van der Waals surface area (Å²) in [7, 11) is 0. The van der Waals surface area contributed by atoms with Crippen molar-refractivity contribution in [3.63, 3.8) is 0 Å². The van der Waals surface area contributed by atoms with Crippen LogP contribution in [0.1, 0.15) is 24.0 Å². The molecule has 0 atom stereocenters. The molecule has 0 N–H and O–H groups in total. The molecule has 0 heterocycles. The smallest absolute Gasteiger partial charge is 0.459 e. The Morgan fingerprint density at radius 3 is 1.96 bits per heavy atom. The summed E-state index contributed by atoms with van der Waals surface area (Å²) < 4.78 is 95.7. The predicted octanol–water partition coefficient (Wildman–Crippen LogP) is 4.37. The van der Waals surface area contributed by atoms with Crippen LogP contribution in [0.25, 0.3) is 0 Å². The van der Waals surface area contributed by atoms with Gasteiger partial charge in [-0.15, -0.1) is 0 Å². The van der Waals surface area contributed by atoms with Crippen LogP contribution < -0.4 is 4.74 Å². The highest BCUT2D eigenvalue weighted by Crippen LogP contribution is 2.46. The summed E-state index contributed by atoms with van der Waals surface area (Å²) in [5, 5.41) is 0. The van der Waals surface area contributed by atoms with Gasteiger partial charge in [-0.05, 0) is 37.1 Å². The SMILES string of the molecule is Cc1ccc(OC(=O)CCC(=O)OCC(F)(F)C(F)(F)C(F)(F)F)cc1C. The number of esters is 2. The van der Waals surface area contributed by atoms with Gasteiger partial charge in [-0.3, -0.25) is 9.59 Å². The number of alkyl halides is 7. The van der Waals surface area contributed by atoms with Gasteiger partial charge in [-0.1, -0.05) is 6.07 Å². The van der Waals surface area contributed by atoms with E-state index < -0.39 is 49.4 Å². The number of carbonyl (C=O) groups is 2. The molecule has 0 amide bonds. The number of ether oxygens (including phenoxy) is 2. The fourth-order valence-electron chi connectivity index (χ4n) is 1.71. The van der Waals surface area contributed by atoms with E-state index in [1.54, 1.807) is 13.0 Å². The average molecular weight is 404 g/mol. The standard InChI is InChI=1S/C16H15F7O4/c1-9-3-4-11(7-10(9)2)27-13(25)6-5-12(24)26-8-14(17,18)15(19,20)16(21,22)23/h3-4,7H,5-6,8H2,1-2H3. The van der Waals surface area contributed by atoms with Crippen molar-refractivity contribution in [1.82, 2.24) is 0 Å². The molecule has 0 saturated carbocycles. The molecule has 0 aromatic heterocycles. The van der Waals surface area contributed by atoms with Crippen LogP contribution in [0.2, 0.25) is 0 Å². The summed E-state index contributed by atoms with van der Waals surface area (Å²) in [6.07, 6.45) is -8.00. The highest BCUT2D eigenvalue weighted by molar-refractivity contribution is 5.79. The molecular weight excluding hydrogens is 389 g/mol. The number of hydrogen-bond acceptors (Lipinski definition) is 4. The van der Waals surface area contributed by atoms with Gasteiger partial charge < -0.3 is 9.47 Å². The fraction of sp³-hybridized carbons (Fsp3) is 0.500. The van der Waals surface area contributed by atoms with Gasteiger partial charge in [-0.25, -0.2) is 0 Å². The van der Waals surface area contributed by atoms with Crippen LogP contribution in [0.15, 0.2) is 18.2 Å². The molecule has 0 fully saturated rings. The third kappa shape index (κ3) is 5.83. The number of aryl methyl sites for hydroxylation is 2. The second kappa shape index (κ2) is 8.13. The van der Waals surface area contributed by atoms with Gasteiger partial charge in [0.05, 0.1) is 12.8 Å². The lowest BCUT2D eigenvalue weighted by Gasteiger charge is -2.27. The van der Waals surface area contributed by atoms with Crippen molar-refractivity contribution < 1.29 is 49.8 Å². The zero-order valence-corrected chi connectivity index (χ0v) is 14.1. The van der Waals surface area contributed by atoms with Gasteiger partial charge >= 0.3 is 30.0 Å². The van der Waals surface area contributed by atoms with Crippen LogP contribution in [0.4, 0.5) is 30.7 Å². The molecule has 1 rings (SSSR count). The number of carbonyl (C=O) groups excluding carboxylic acids is 2. The molecule has 11 heteroatoms. The van der Waals surface area contributed by atoms with E-state index in [9.17, 15) is 40.3 Å². The van der Waals surface area contributed by atoms with Crippen LogP contribution in [0, 0.1) is 13.8 Å². The predicted molar refractivity (Wildman–Crippen MR) is 77.7 cm³/mol. The van der Waals surface area contributed by atoms with Crippen molar-refractivity contribution in [1.29, 1.82) is 0 Å². The first-order chi connectivity index (χ1) is 12.2. The summed E-state index contributed by atoms with van der Waals surface area (Å²) in [5.74, 6) is -14.4. The van der Waals surface area contributed by atoms with E-state index >= 15 is 0 Å². The van der Waals surface area contributed by atoms with Crippen LogP contribution in [-0.4, -0.2) is 36.6 Å². The van der Waals surface area contributed by atoms with Crippen LogP contribution in [-0.2, 0) is 14.3 Å². The lowest BCUT2D eigenvalue weighted by Crippen LogP contribution is -2.54. The maximum absolute atomic E-state index is 13.0. The highest BCUT2D eigenvalue weighted by Gasteiger charge is 2.73. The first kappa shape index (κ1) is 22.7. The van der Waals surface area contributed by atoms with Crippen LogP contribution >= 0.6 is 0 Å². The Balaban J connectivity index is 2.51. The number of halogens is 7. The molecule has 1 aromatic carbocycles.